The van der Waals surface area contributed by atoms with Gasteiger partial charge in [0.05, 0.1) is 5.52 Å². The number of benzene rings is 1. The summed E-state index contributed by atoms with van der Waals surface area (Å²) in [6.45, 7) is 4.29. The summed E-state index contributed by atoms with van der Waals surface area (Å²) < 4.78 is 2.03. The maximum atomic E-state index is 12.5. The number of piperidine rings is 1. The molecule has 5 nitrogen and oxygen atoms in total. The minimum absolute atomic E-state index is 0.200. The highest BCUT2D eigenvalue weighted by Crippen LogP contribution is 2.37. The van der Waals surface area contributed by atoms with Gasteiger partial charge in [-0.05, 0) is 30.0 Å². The summed E-state index contributed by atoms with van der Waals surface area (Å²) in [5, 5.41) is 4.62. The fourth-order valence-corrected chi connectivity index (χ4v) is 3.65. The first-order valence-electron chi connectivity index (χ1n) is 8.29. The second-order valence-corrected chi connectivity index (χ2v) is 6.61. The van der Waals surface area contributed by atoms with Crippen molar-refractivity contribution in [1.29, 1.82) is 0 Å². The zero-order chi connectivity index (χ0) is 16.8. The first kappa shape index (κ1) is 14.9. The summed E-state index contributed by atoms with van der Waals surface area (Å²) in [5.74, 6) is -0.117. The van der Waals surface area contributed by atoms with Crippen LogP contribution in [0.1, 0.15) is 44.2 Å². The lowest BCUT2D eigenvalue weighted by molar-refractivity contribution is -0.135. The normalized spacial score (nSPS) is 18.5. The van der Waals surface area contributed by atoms with Crippen LogP contribution < -0.4 is 5.32 Å². The van der Waals surface area contributed by atoms with Crippen molar-refractivity contribution in [2.75, 3.05) is 0 Å². The number of amides is 2. The van der Waals surface area contributed by atoms with Crippen LogP contribution in [0, 0.1) is 0 Å². The van der Waals surface area contributed by atoms with Gasteiger partial charge in [0.15, 0.2) is 0 Å². The lowest BCUT2D eigenvalue weighted by atomic mass is 9.99. The number of nitrogens with one attached hydrogen (secondary N) is 1. The lowest BCUT2D eigenvalue weighted by Crippen LogP contribution is -2.41. The Kier molecular flexibility index (Phi) is 3.37. The van der Waals surface area contributed by atoms with Crippen molar-refractivity contribution < 1.29 is 9.59 Å². The van der Waals surface area contributed by atoms with Crippen molar-refractivity contribution in [3.05, 3.63) is 42.1 Å². The molecule has 122 valence electrons. The van der Waals surface area contributed by atoms with Crippen LogP contribution in [-0.2, 0) is 9.59 Å². The third-order valence-electron chi connectivity index (χ3n) is 4.76. The number of pyridine rings is 1. The monoisotopic (exact) mass is 321 g/mol. The van der Waals surface area contributed by atoms with E-state index in [9.17, 15) is 9.59 Å². The van der Waals surface area contributed by atoms with Gasteiger partial charge in [-0.25, -0.2) is 4.98 Å². The number of hydrogen-bond acceptors (Lipinski definition) is 3. The van der Waals surface area contributed by atoms with Crippen LogP contribution in [0.4, 0.5) is 0 Å². The average molecular weight is 321 g/mol. The number of carbonyl (C=O) groups is 2. The third-order valence-corrected chi connectivity index (χ3v) is 4.76. The molecule has 0 saturated carbocycles. The van der Waals surface area contributed by atoms with Crippen LogP contribution in [0.5, 0.6) is 0 Å². The Morgan fingerprint density at radius 1 is 1.17 bits per heavy atom. The van der Waals surface area contributed by atoms with Crippen LogP contribution in [0.15, 0.2) is 36.5 Å². The number of aromatic nitrogens is 2. The molecule has 1 atom stereocenters. The van der Waals surface area contributed by atoms with Gasteiger partial charge >= 0.3 is 0 Å². The van der Waals surface area contributed by atoms with E-state index in [0.717, 1.165) is 21.9 Å². The topological polar surface area (TPSA) is 64.0 Å². The molecule has 1 aromatic carbocycles. The largest absolute Gasteiger partial charge is 0.312 e. The number of rotatable bonds is 2. The number of fused-ring (bicyclic) bond motifs is 3. The van der Waals surface area contributed by atoms with Gasteiger partial charge in [-0.15, -0.1) is 0 Å². The molecule has 5 heteroatoms. The first-order valence-corrected chi connectivity index (χ1v) is 8.29. The molecule has 0 radical (unpaired) electrons. The molecule has 4 rings (SSSR count). The van der Waals surface area contributed by atoms with Crippen LogP contribution >= 0.6 is 0 Å². The molecule has 2 aromatic heterocycles. The Morgan fingerprint density at radius 2 is 1.96 bits per heavy atom. The van der Waals surface area contributed by atoms with E-state index in [1.54, 1.807) is 6.20 Å². The van der Waals surface area contributed by atoms with Crippen LogP contribution in [-0.4, -0.2) is 21.4 Å². The standard InChI is InChI=1S/C19H19N3O2/c1-11(2)12-5-3-6-13-14-7-4-10-20-18(14)22(17(12)13)15-8-9-16(23)21-19(15)24/h3-7,10-11,15H,8-9H2,1-2H3,(H,21,23,24). The Balaban J connectivity index is 2.08. The maximum absolute atomic E-state index is 12.5. The smallest absolute Gasteiger partial charge is 0.249 e. The fourth-order valence-electron chi connectivity index (χ4n) is 3.65. The van der Waals surface area contributed by atoms with Gasteiger partial charge in [0.2, 0.25) is 11.8 Å². The molecular formula is C19H19N3O2. The van der Waals surface area contributed by atoms with Gasteiger partial charge in [-0.1, -0.05) is 32.0 Å². The Bertz CT molecular complexity index is 971. The van der Waals surface area contributed by atoms with Gasteiger partial charge in [0.1, 0.15) is 11.7 Å². The van der Waals surface area contributed by atoms with E-state index in [0.29, 0.717) is 18.8 Å². The predicted molar refractivity (Wildman–Crippen MR) is 92.7 cm³/mol. The molecule has 1 N–H and O–H groups in total. The van der Waals surface area contributed by atoms with Crippen molar-refractivity contribution in [2.24, 2.45) is 0 Å². The Labute approximate surface area is 139 Å². The fraction of sp³-hybridized carbons (Fsp3) is 0.316. The summed E-state index contributed by atoms with van der Waals surface area (Å²) in [6, 6.07) is 9.79. The van der Waals surface area contributed by atoms with Crippen molar-refractivity contribution in [3.8, 4) is 0 Å². The molecule has 1 saturated heterocycles. The molecule has 2 amide bonds. The van der Waals surface area contributed by atoms with E-state index in [-0.39, 0.29) is 11.8 Å². The van der Waals surface area contributed by atoms with E-state index in [1.165, 1.54) is 5.56 Å². The van der Waals surface area contributed by atoms with Crippen LogP contribution in [0.25, 0.3) is 21.9 Å². The van der Waals surface area contributed by atoms with E-state index in [2.05, 4.69) is 42.3 Å². The number of imide groups is 1. The highest BCUT2D eigenvalue weighted by atomic mass is 16.2. The van der Waals surface area contributed by atoms with E-state index < -0.39 is 6.04 Å². The van der Waals surface area contributed by atoms with Crippen molar-refractivity contribution >= 4 is 33.8 Å². The number of para-hydroxylation sites is 1. The van der Waals surface area contributed by atoms with Gasteiger partial charge in [-0.2, -0.15) is 0 Å². The molecule has 24 heavy (non-hydrogen) atoms. The number of nitrogens with zero attached hydrogens (tertiary/aromatic N) is 2. The highest BCUT2D eigenvalue weighted by Gasteiger charge is 2.31. The molecule has 1 aliphatic heterocycles. The second kappa shape index (κ2) is 5.44. The third kappa shape index (κ3) is 2.12. The predicted octanol–water partition coefficient (Wildman–Crippen LogP) is 3.29. The Morgan fingerprint density at radius 3 is 2.71 bits per heavy atom. The number of carbonyl (C=O) groups excluding carboxylic acids is 2. The highest BCUT2D eigenvalue weighted by molar-refractivity contribution is 6.09. The van der Waals surface area contributed by atoms with Gasteiger partial charge in [0, 0.05) is 23.4 Å². The van der Waals surface area contributed by atoms with Gasteiger partial charge < -0.3 is 4.57 Å². The molecular weight excluding hydrogens is 302 g/mol. The van der Waals surface area contributed by atoms with E-state index in [4.69, 9.17) is 0 Å². The minimum Gasteiger partial charge on any atom is -0.312 e. The quantitative estimate of drug-likeness (QED) is 0.737. The SMILES string of the molecule is CC(C)c1cccc2c3cccnc3n(C3CCC(=O)NC3=O)c12. The Hall–Kier alpha value is -2.69. The average Bonchev–Trinajstić information content (AvgIpc) is 2.89. The van der Waals surface area contributed by atoms with Crippen molar-refractivity contribution in [1.82, 2.24) is 14.9 Å². The molecule has 0 bridgehead atoms. The summed E-state index contributed by atoms with van der Waals surface area (Å²) in [7, 11) is 0. The van der Waals surface area contributed by atoms with Crippen LogP contribution in [0.2, 0.25) is 0 Å². The summed E-state index contributed by atoms with van der Waals surface area (Å²) in [4.78, 5) is 28.6. The van der Waals surface area contributed by atoms with Gasteiger partial charge in [-0.3, -0.25) is 14.9 Å². The zero-order valence-corrected chi connectivity index (χ0v) is 13.7. The molecule has 3 heterocycles. The summed E-state index contributed by atoms with van der Waals surface area (Å²) in [5.41, 5.74) is 3.04. The second-order valence-electron chi connectivity index (χ2n) is 6.61. The van der Waals surface area contributed by atoms with Crippen molar-refractivity contribution in [2.45, 2.75) is 38.6 Å². The number of hydrogen-bond donors (Lipinski definition) is 1. The molecule has 3 aromatic rings. The maximum Gasteiger partial charge on any atom is 0.249 e. The minimum atomic E-state index is -0.405. The summed E-state index contributed by atoms with van der Waals surface area (Å²) in [6.07, 6.45) is 2.61. The zero-order valence-electron chi connectivity index (χ0n) is 13.7. The molecule has 0 aliphatic carbocycles. The van der Waals surface area contributed by atoms with E-state index in [1.807, 2.05) is 16.7 Å². The van der Waals surface area contributed by atoms with E-state index >= 15 is 0 Å². The van der Waals surface area contributed by atoms with Crippen molar-refractivity contribution in [3.63, 3.8) is 0 Å². The summed E-state index contributed by atoms with van der Waals surface area (Å²) >= 11 is 0. The first-order chi connectivity index (χ1) is 11.6. The molecule has 0 spiro atoms. The molecule has 1 fully saturated rings. The van der Waals surface area contributed by atoms with Crippen LogP contribution in [0.3, 0.4) is 0 Å². The lowest BCUT2D eigenvalue weighted by Gasteiger charge is -2.24. The van der Waals surface area contributed by atoms with Gasteiger partial charge in [0.25, 0.3) is 0 Å². The molecule has 1 unspecified atom stereocenters. The molecule has 1 aliphatic rings.